The van der Waals surface area contributed by atoms with Crippen LogP contribution in [-0.4, -0.2) is 39.2 Å². The lowest BCUT2D eigenvalue weighted by Gasteiger charge is -2.26. The van der Waals surface area contributed by atoms with Gasteiger partial charge >= 0.3 is 0 Å². The third-order valence-corrected chi connectivity index (χ3v) is 8.21. The van der Waals surface area contributed by atoms with Crippen molar-refractivity contribution in [3.05, 3.63) is 70.6 Å². The van der Waals surface area contributed by atoms with E-state index in [4.69, 9.17) is 22.3 Å². The van der Waals surface area contributed by atoms with Crippen LogP contribution in [-0.2, 0) is 5.41 Å². The summed E-state index contributed by atoms with van der Waals surface area (Å²) in [6.45, 7) is 3.79. The Morgan fingerprint density at radius 3 is 2.89 bits per heavy atom. The molecular weight excluding hydrogens is 467 g/mol. The molecule has 1 saturated carbocycles. The van der Waals surface area contributed by atoms with Crippen molar-refractivity contribution in [2.24, 2.45) is 17.6 Å². The first kappa shape index (κ1) is 22.0. The first-order valence-electron chi connectivity index (χ1n) is 11.7. The van der Waals surface area contributed by atoms with E-state index in [-0.39, 0.29) is 11.2 Å². The highest BCUT2D eigenvalue weighted by Crippen LogP contribution is 2.65. The highest BCUT2D eigenvalue weighted by atomic mass is 35.5. The fraction of sp³-hybridized carbons (Fsp3) is 0.308. The molecule has 0 bridgehead atoms. The van der Waals surface area contributed by atoms with Gasteiger partial charge in [0.1, 0.15) is 17.2 Å². The summed E-state index contributed by atoms with van der Waals surface area (Å²) in [6, 6.07) is 12.0. The number of rotatable bonds is 5. The van der Waals surface area contributed by atoms with Crippen LogP contribution in [0, 0.1) is 17.7 Å². The van der Waals surface area contributed by atoms with E-state index in [1.54, 1.807) is 36.5 Å². The Morgan fingerprint density at radius 2 is 2.11 bits per heavy atom. The Hall–Kier alpha value is -3.52. The Morgan fingerprint density at radius 1 is 1.29 bits per heavy atom. The molecule has 6 rings (SSSR count). The van der Waals surface area contributed by atoms with Crippen LogP contribution >= 0.6 is 11.6 Å². The summed E-state index contributed by atoms with van der Waals surface area (Å²) >= 11 is 6.39. The van der Waals surface area contributed by atoms with Gasteiger partial charge in [0, 0.05) is 29.6 Å². The Kier molecular flexibility index (Phi) is 5.03. The number of hydrogen-bond donors (Lipinski definition) is 2. The Bertz CT molecular complexity index is 1470. The molecule has 4 aromatic rings. The number of carbonyl (C=O) groups is 1. The number of H-pyrrole nitrogens is 1. The maximum absolute atomic E-state index is 14.7. The summed E-state index contributed by atoms with van der Waals surface area (Å²) < 4.78 is 14.7. The quantitative estimate of drug-likeness (QED) is 0.421. The van der Waals surface area contributed by atoms with Gasteiger partial charge in [0.05, 0.1) is 16.9 Å². The average molecular weight is 491 g/mol. The van der Waals surface area contributed by atoms with Crippen LogP contribution in [0.25, 0.3) is 22.4 Å². The number of halogens is 2. The number of nitrogens with two attached hydrogens (primary N) is 1. The van der Waals surface area contributed by atoms with Gasteiger partial charge in [-0.2, -0.15) is 5.10 Å². The summed E-state index contributed by atoms with van der Waals surface area (Å²) in [6.07, 6.45) is 3.64. The van der Waals surface area contributed by atoms with Crippen molar-refractivity contribution in [3.63, 3.8) is 0 Å². The average Bonchev–Trinajstić information content (AvgIpc) is 3.33. The lowest BCUT2D eigenvalue weighted by atomic mass is 9.88. The SMILES string of the molecule is CC[C@]1(c2ccccc2F)[C@@H]2CCN(c3cnc4c(-c5cc(C(N)=O)ccc5Cl)[nH]nc4n3)C[C@@H]21. The van der Waals surface area contributed by atoms with Gasteiger partial charge < -0.3 is 10.6 Å². The van der Waals surface area contributed by atoms with Gasteiger partial charge in [-0.15, -0.1) is 0 Å². The standard InChI is InChI=1S/C26H24ClFN6O/c1-2-26(17-5-3-4-6-20(17)28)16-9-10-34(13-18(16)26)21-12-30-23-22(32-33-25(23)31-21)15-11-14(24(29)35)7-8-19(15)27/h3-8,11-12,16,18H,2,9-10,13H2,1H3,(H2,29,35)(H,31,32,33)/t16-,18+,26-/m1/s1. The second kappa shape index (κ2) is 8.02. The second-order valence-corrected chi connectivity index (χ2v) is 9.79. The molecule has 3 N–H and O–H groups in total. The van der Waals surface area contributed by atoms with Crippen LogP contribution in [0.2, 0.25) is 5.02 Å². The molecule has 2 fully saturated rings. The van der Waals surface area contributed by atoms with Gasteiger partial charge in [-0.3, -0.25) is 9.89 Å². The number of nitrogens with one attached hydrogen (secondary N) is 1. The smallest absolute Gasteiger partial charge is 0.248 e. The zero-order chi connectivity index (χ0) is 24.3. The molecular formula is C26H24ClFN6O. The van der Waals surface area contributed by atoms with E-state index in [1.807, 2.05) is 12.1 Å². The number of fused-ring (bicyclic) bond motifs is 2. The van der Waals surface area contributed by atoms with Crippen molar-refractivity contribution < 1.29 is 9.18 Å². The number of hydrogen-bond acceptors (Lipinski definition) is 5. The molecule has 7 nitrogen and oxygen atoms in total. The Labute approximate surface area is 206 Å². The number of carbonyl (C=O) groups excluding carboxylic acids is 1. The number of nitrogens with zero attached hydrogens (tertiary/aromatic N) is 4. The van der Waals surface area contributed by atoms with Crippen LogP contribution in [0.1, 0.15) is 35.7 Å². The molecule has 178 valence electrons. The summed E-state index contributed by atoms with van der Waals surface area (Å²) in [5.74, 6) is 0.952. The lowest BCUT2D eigenvalue weighted by Crippen LogP contribution is -2.32. The van der Waals surface area contributed by atoms with Crippen molar-refractivity contribution in [1.29, 1.82) is 0 Å². The molecule has 2 aromatic carbocycles. The number of piperidine rings is 1. The third-order valence-electron chi connectivity index (χ3n) is 7.88. The highest BCUT2D eigenvalue weighted by molar-refractivity contribution is 6.33. The molecule has 1 saturated heterocycles. The number of anilines is 1. The van der Waals surface area contributed by atoms with Crippen molar-refractivity contribution in [2.45, 2.75) is 25.2 Å². The van der Waals surface area contributed by atoms with Crippen molar-refractivity contribution in [3.8, 4) is 11.3 Å². The van der Waals surface area contributed by atoms with Crippen molar-refractivity contribution >= 4 is 34.5 Å². The zero-order valence-electron chi connectivity index (χ0n) is 19.1. The summed E-state index contributed by atoms with van der Waals surface area (Å²) in [7, 11) is 0. The Balaban J connectivity index is 1.30. The van der Waals surface area contributed by atoms with Crippen LogP contribution in [0.4, 0.5) is 10.2 Å². The predicted molar refractivity (Wildman–Crippen MR) is 133 cm³/mol. The number of primary amides is 1. The molecule has 35 heavy (non-hydrogen) atoms. The molecule has 0 spiro atoms. The minimum Gasteiger partial charge on any atom is -0.366 e. The number of benzene rings is 2. The maximum atomic E-state index is 14.7. The molecule has 9 heteroatoms. The van der Waals surface area contributed by atoms with E-state index in [2.05, 4.69) is 27.0 Å². The molecule has 2 aliphatic rings. The van der Waals surface area contributed by atoms with Gasteiger partial charge in [0.15, 0.2) is 0 Å². The maximum Gasteiger partial charge on any atom is 0.248 e. The van der Waals surface area contributed by atoms with Crippen LogP contribution in [0.5, 0.6) is 0 Å². The normalized spacial score (nSPS) is 23.3. The van der Waals surface area contributed by atoms with E-state index in [9.17, 15) is 9.18 Å². The van der Waals surface area contributed by atoms with E-state index in [0.29, 0.717) is 44.8 Å². The lowest BCUT2D eigenvalue weighted by molar-refractivity contribution is 0.100. The summed E-state index contributed by atoms with van der Waals surface area (Å²) in [4.78, 5) is 23.3. The number of amides is 1. The topological polar surface area (TPSA) is 101 Å². The first-order valence-corrected chi connectivity index (χ1v) is 12.1. The second-order valence-electron chi connectivity index (χ2n) is 9.38. The van der Waals surface area contributed by atoms with Crippen molar-refractivity contribution in [2.75, 3.05) is 18.0 Å². The molecule has 1 aliphatic carbocycles. The molecule has 1 aliphatic heterocycles. The van der Waals surface area contributed by atoms with Crippen LogP contribution < -0.4 is 10.6 Å². The zero-order valence-corrected chi connectivity index (χ0v) is 19.9. The molecule has 0 unspecified atom stereocenters. The number of aromatic nitrogens is 4. The summed E-state index contributed by atoms with van der Waals surface area (Å²) in [5.41, 5.74) is 8.70. The third kappa shape index (κ3) is 3.31. The van der Waals surface area contributed by atoms with Crippen LogP contribution in [0.15, 0.2) is 48.7 Å². The van der Waals surface area contributed by atoms with Gasteiger partial charge in [-0.05, 0) is 54.5 Å². The molecule has 3 atom stereocenters. The van der Waals surface area contributed by atoms with Gasteiger partial charge in [0.25, 0.3) is 0 Å². The minimum absolute atomic E-state index is 0.111. The van der Waals surface area contributed by atoms with E-state index in [0.717, 1.165) is 37.3 Å². The van der Waals surface area contributed by atoms with Crippen molar-refractivity contribution in [1.82, 2.24) is 20.2 Å². The van der Waals surface area contributed by atoms with Gasteiger partial charge in [-0.1, -0.05) is 36.7 Å². The minimum atomic E-state index is -0.540. The monoisotopic (exact) mass is 490 g/mol. The largest absolute Gasteiger partial charge is 0.366 e. The summed E-state index contributed by atoms with van der Waals surface area (Å²) in [5, 5.41) is 7.76. The molecule has 2 aromatic heterocycles. The first-order chi connectivity index (χ1) is 16.9. The number of aromatic amines is 1. The van der Waals surface area contributed by atoms with Crippen LogP contribution in [0.3, 0.4) is 0 Å². The predicted octanol–water partition coefficient (Wildman–Crippen LogP) is 4.72. The van der Waals surface area contributed by atoms with E-state index < -0.39 is 5.91 Å². The molecule has 0 radical (unpaired) electrons. The van der Waals surface area contributed by atoms with Gasteiger partial charge in [-0.25, -0.2) is 14.4 Å². The van der Waals surface area contributed by atoms with E-state index >= 15 is 0 Å². The fourth-order valence-corrected chi connectivity index (χ4v) is 6.35. The molecule has 3 heterocycles. The highest BCUT2D eigenvalue weighted by Gasteiger charge is 2.65. The molecule has 1 amide bonds. The van der Waals surface area contributed by atoms with E-state index in [1.165, 1.54) is 0 Å². The van der Waals surface area contributed by atoms with Gasteiger partial charge in [0.2, 0.25) is 11.6 Å². The fourth-order valence-electron chi connectivity index (χ4n) is 6.13.